The first-order valence-corrected chi connectivity index (χ1v) is 9.02. The molecule has 0 spiro atoms. The minimum Gasteiger partial charge on any atom is -0.319 e. The quantitative estimate of drug-likeness (QED) is 0.748. The summed E-state index contributed by atoms with van der Waals surface area (Å²) >= 11 is 0. The number of piperidine rings is 1. The Morgan fingerprint density at radius 2 is 1.80 bits per heavy atom. The number of hydrogen-bond acceptors (Lipinski definition) is 3. The average Bonchev–Trinajstić information content (AvgIpc) is 2.38. The molecule has 6 heteroatoms. The van der Waals surface area contributed by atoms with Crippen molar-refractivity contribution in [3.8, 4) is 0 Å². The first-order valence-electron chi connectivity index (χ1n) is 7.58. The van der Waals surface area contributed by atoms with Gasteiger partial charge in [0.15, 0.2) is 0 Å². The summed E-state index contributed by atoms with van der Waals surface area (Å²) in [6.07, 6.45) is 1.88. The molecule has 1 fully saturated rings. The van der Waals surface area contributed by atoms with Gasteiger partial charge in [-0.05, 0) is 43.7 Å². The molecule has 1 saturated heterocycles. The van der Waals surface area contributed by atoms with Gasteiger partial charge in [-0.1, -0.05) is 27.7 Å². The van der Waals surface area contributed by atoms with Gasteiger partial charge in [0.05, 0.1) is 0 Å². The van der Waals surface area contributed by atoms with Crippen molar-refractivity contribution in [3.05, 3.63) is 0 Å². The van der Waals surface area contributed by atoms with Gasteiger partial charge in [-0.25, -0.2) is 4.72 Å². The summed E-state index contributed by atoms with van der Waals surface area (Å²) in [5.74, 6) is 1.03. The smallest absolute Gasteiger partial charge is 0.279 e. The molecule has 1 rings (SSSR count). The molecule has 0 atom stereocenters. The average molecular weight is 305 g/mol. The van der Waals surface area contributed by atoms with Crippen molar-refractivity contribution in [2.45, 2.75) is 40.5 Å². The van der Waals surface area contributed by atoms with Gasteiger partial charge < -0.3 is 5.32 Å². The van der Waals surface area contributed by atoms with Crippen LogP contribution in [0, 0.1) is 17.3 Å². The molecule has 0 aromatic heterocycles. The third kappa shape index (κ3) is 4.98. The van der Waals surface area contributed by atoms with Crippen molar-refractivity contribution in [2.75, 3.05) is 33.2 Å². The molecule has 1 heterocycles. The van der Waals surface area contributed by atoms with E-state index in [0.29, 0.717) is 31.5 Å². The molecule has 0 saturated carbocycles. The maximum absolute atomic E-state index is 12.3. The molecule has 0 aromatic carbocycles. The van der Waals surface area contributed by atoms with Crippen LogP contribution in [0.25, 0.3) is 0 Å². The summed E-state index contributed by atoms with van der Waals surface area (Å²) in [6, 6.07) is 0. The van der Waals surface area contributed by atoms with Crippen LogP contribution in [0.5, 0.6) is 0 Å². The van der Waals surface area contributed by atoms with Gasteiger partial charge in [0.25, 0.3) is 10.2 Å². The Kier molecular flexibility index (Phi) is 6.44. The van der Waals surface area contributed by atoms with E-state index in [4.69, 9.17) is 0 Å². The van der Waals surface area contributed by atoms with E-state index in [0.717, 1.165) is 19.4 Å². The largest absolute Gasteiger partial charge is 0.319 e. The zero-order valence-corrected chi connectivity index (χ0v) is 14.4. The van der Waals surface area contributed by atoms with Crippen molar-refractivity contribution in [1.82, 2.24) is 14.3 Å². The fourth-order valence-electron chi connectivity index (χ4n) is 2.22. The maximum atomic E-state index is 12.3. The summed E-state index contributed by atoms with van der Waals surface area (Å²) in [4.78, 5) is 0. The van der Waals surface area contributed by atoms with Crippen LogP contribution >= 0.6 is 0 Å². The third-order valence-electron chi connectivity index (χ3n) is 4.68. The lowest BCUT2D eigenvalue weighted by Gasteiger charge is -2.34. The molecule has 0 aromatic rings. The summed E-state index contributed by atoms with van der Waals surface area (Å²) in [5, 5.41) is 3.16. The zero-order valence-electron chi connectivity index (χ0n) is 13.6. The van der Waals surface area contributed by atoms with Crippen LogP contribution in [0.4, 0.5) is 0 Å². The van der Waals surface area contributed by atoms with Crippen molar-refractivity contribution < 1.29 is 8.42 Å². The van der Waals surface area contributed by atoms with Crippen LogP contribution in [0.15, 0.2) is 0 Å². The highest BCUT2D eigenvalue weighted by molar-refractivity contribution is 7.87. The van der Waals surface area contributed by atoms with E-state index in [1.165, 1.54) is 0 Å². The first kappa shape index (κ1) is 17.9. The van der Waals surface area contributed by atoms with Crippen LogP contribution in [-0.4, -0.2) is 45.9 Å². The Hall–Kier alpha value is -0.170. The Balaban J connectivity index is 2.50. The molecule has 0 unspecified atom stereocenters. The zero-order chi connectivity index (χ0) is 15.4. The predicted octanol–water partition coefficient (Wildman–Crippen LogP) is 1.43. The van der Waals surface area contributed by atoms with Crippen molar-refractivity contribution in [1.29, 1.82) is 0 Å². The van der Waals surface area contributed by atoms with Crippen LogP contribution in [-0.2, 0) is 10.2 Å². The fourth-order valence-corrected chi connectivity index (χ4v) is 3.64. The van der Waals surface area contributed by atoms with E-state index in [1.54, 1.807) is 4.31 Å². The van der Waals surface area contributed by atoms with Crippen molar-refractivity contribution in [2.24, 2.45) is 17.3 Å². The summed E-state index contributed by atoms with van der Waals surface area (Å²) in [6.45, 7) is 11.2. The molecular weight excluding hydrogens is 274 g/mol. The number of hydrogen-bond donors (Lipinski definition) is 2. The van der Waals surface area contributed by atoms with Crippen LogP contribution in [0.1, 0.15) is 40.5 Å². The Morgan fingerprint density at radius 3 is 2.25 bits per heavy atom. The standard InChI is InChI=1S/C14H31N3O2S/c1-12(2)14(3,4)11-16-20(18,19)17-8-6-13(7-9-17)10-15-5/h12-13,15-16H,6-11H2,1-5H3. The first-order chi connectivity index (χ1) is 9.19. The second-order valence-electron chi connectivity index (χ2n) is 6.87. The van der Waals surface area contributed by atoms with Gasteiger partial charge in [0.2, 0.25) is 0 Å². The van der Waals surface area contributed by atoms with Gasteiger partial charge in [-0.15, -0.1) is 0 Å². The van der Waals surface area contributed by atoms with E-state index < -0.39 is 10.2 Å². The Bertz CT molecular complexity index is 385. The minimum atomic E-state index is -3.33. The maximum Gasteiger partial charge on any atom is 0.279 e. The van der Waals surface area contributed by atoms with Gasteiger partial charge in [0, 0.05) is 19.6 Å². The SMILES string of the molecule is CNCC1CCN(S(=O)(=O)NCC(C)(C)C(C)C)CC1. The highest BCUT2D eigenvalue weighted by Gasteiger charge is 2.30. The second kappa shape index (κ2) is 7.20. The molecule has 1 aliphatic heterocycles. The molecular formula is C14H31N3O2S. The molecule has 120 valence electrons. The minimum absolute atomic E-state index is 0.0302. The second-order valence-corrected chi connectivity index (χ2v) is 8.62. The van der Waals surface area contributed by atoms with E-state index in [2.05, 4.69) is 37.7 Å². The number of nitrogens with one attached hydrogen (secondary N) is 2. The lowest BCUT2D eigenvalue weighted by Crippen LogP contribution is -2.48. The number of nitrogens with zero attached hydrogens (tertiary/aromatic N) is 1. The molecule has 2 N–H and O–H groups in total. The van der Waals surface area contributed by atoms with Crippen LogP contribution in [0.2, 0.25) is 0 Å². The van der Waals surface area contributed by atoms with E-state index in [9.17, 15) is 8.42 Å². The van der Waals surface area contributed by atoms with Gasteiger partial charge >= 0.3 is 0 Å². The lowest BCUT2D eigenvalue weighted by atomic mass is 9.81. The molecule has 0 aliphatic carbocycles. The molecule has 1 aliphatic rings. The highest BCUT2D eigenvalue weighted by atomic mass is 32.2. The monoisotopic (exact) mass is 305 g/mol. The summed E-state index contributed by atoms with van der Waals surface area (Å²) < 4.78 is 29.0. The van der Waals surface area contributed by atoms with Gasteiger partial charge in [-0.2, -0.15) is 12.7 Å². The lowest BCUT2D eigenvalue weighted by molar-refractivity contribution is 0.241. The fraction of sp³-hybridized carbons (Fsp3) is 1.00. The summed E-state index contributed by atoms with van der Waals surface area (Å²) in [5.41, 5.74) is -0.0302. The van der Waals surface area contributed by atoms with E-state index >= 15 is 0 Å². The molecule has 0 radical (unpaired) electrons. The predicted molar refractivity (Wildman–Crippen MR) is 83.8 cm³/mol. The van der Waals surface area contributed by atoms with E-state index in [-0.39, 0.29) is 5.41 Å². The van der Waals surface area contributed by atoms with E-state index in [1.807, 2.05) is 7.05 Å². The molecule has 20 heavy (non-hydrogen) atoms. The summed E-state index contributed by atoms with van der Waals surface area (Å²) in [7, 11) is -1.38. The van der Waals surface area contributed by atoms with Gasteiger partial charge in [-0.3, -0.25) is 0 Å². The third-order valence-corrected chi connectivity index (χ3v) is 6.23. The molecule has 5 nitrogen and oxygen atoms in total. The molecule has 0 amide bonds. The highest BCUT2D eigenvalue weighted by Crippen LogP contribution is 2.25. The Labute approximate surface area is 124 Å². The van der Waals surface area contributed by atoms with Crippen LogP contribution in [0.3, 0.4) is 0 Å². The van der Waals surface area contributed by atoms with Gasteiger partial charge in [0.1, 0.15) is 0 Å². The molecule has 0 bridgehead atoms. The topological polar surface area (TPSA) is 61.4 Å². The number of rotatable bonds is 7. The Morgan fingerprint density at radius 1 is 1.25 bits per heavy atom. The van der Waals surface area contributed by atoms with Crippen molar-refractivity contribution in [3.63, 3.8) is 0 Å². The normalized spacial score (nSPS) is 19.7. The van der Waals surface area contributed by atoms with Crippen LogP contribution < -0.4 is 10.0 Å². The van der Waals surface area contributed by atoms with Crippen molar-refractivity contribution >= 4 is 10.2 Å².